The summed E-state index contributed by atoms with van der Waals surface area (Å²) in [5.41, 5.74) is 0. The van der Waals surface area contributed by atoms with Gasteiger partial charge in [0.05, 0.1) is 0 Å². The maximum atomic E-state index is 3.63. The van der Waals surface area contributed by atoms with E-state index >= 15 is 0 Å². The lowest BCUT2D eigenvalue weighted by atomic mass is 10.0. The fourth-order valence-electron chi connectivity index (χ4n) is 0.667. The van der Waals surface area contributed by atoms with Gasteiger partial charge in [0.1, 0.15) is 0 Å². The largest absolute Gasteiger partial charge is 0.103 e. The molecule has 112 valence electrons. The molecule has 0 fully saturated rings. The van der Waals surface area contributed by atoms with Crippen LogP contribution in [0.2, 0.25) is 0 Å². The van der Waals surface area contributed by atoms with Crippen molar-refractivity contribution >= 4 is 0 Å². The topological polar surface area (TPSA) is 0 Å². The van der Waals surface area contributed by atoms with Gasteiger partial charge in [0.2, 0.25) is 0 Å². The maximum absolute atomic E-state index is 3.63. The number of allylic oxidation sites excluding steroid dienone is 1. The van der Waals surface area contributed by atoms with Gasteiger partial charge in [-0.1, -0.05) is 93.6 Å². The first-order chi connectivity index (χ1) is 8.37. The molecule has 0 heterocycles. The van der Waals surface area contributed by atoms with Crippen molar-refractivity contribution in [3.05, 3.63) is 12.7 Å². The van der Waals surface area contributed by atoms with Crippen LogP contribution in [0, 0.1) is 17.8 Å². The summed E-state index contributed by atoms with van der Waals surface area (Å²) in [6.45, 7) is 21.4. The molecular weight excluding hydrogens is 216 g/mol. The van der Waals surface area contributed by atoms with E-state index in [1.807, 2.05) is 6.08 Å². The van der Waals surface area contributed by atoms with E-state index in [4.69, 9.17) is 0 Å². The van der Waals surface area contributed by atoms with E-state index in [1.54, 1.807) is 0 Å². The van der Waals surface area contributed by atoms with E-state index in [1.165, 1.54) is 32.1 Å². The molecule has 0 aromatic rings. The van der Waals surface area contributed by atoms with Crippen LogP contribution in [0.4, 0.5) is 0 Å². The lowest BCUT2D eigenvalue weighted by Crippen LogP contribution is -1.95. The second-order valence-electron chi connectivity index (χ2n) is 5.82. The summed E-state index contributed by atoms with van der Waals surface area (Å²) >= 11 is 0. The fourth-order valence-corrected chi connectivity index (χ4v) is 0.667. The molecule has 18 heavy (non-hydrogen) atoms. The van der Waals surface area contributed by atoms with Gasteiger partial charge in [-0.05, 0) is 17.8 Å². The van der Waals surface area contributed by atoms with Gasteiger partial charge < -0.3 is 0 Å². The monoisotopic (exact) mass is 256 g/mol. The predicted molar refractivity (Wildman–Crippen MR) is 89.1 cm³/mol. The SMILES string of the molecule is C=CC(C)CC.CC(C)C(C)C.CCCCCC. The Balaban J connectivity index is -0.000000187. The predicted octanol–water partition coefficient (Wildman–Crippen LogP) is 7.10. The summed E-state index contributed by atoms with van der Waals surface area (Å²) in [7, 11) is 0. The molecule has 1 atom stereocenters. The van der Waals surface area contributed by atoms with Crippen molar-refractivity contribution < 1.29 is 0 Å². The van der Waals surface area contributed by atoms with Gasteiger partial charge in [0.15, 0.2) is 0 Å². The second-order valence-corrected chi connectivity index (χ2v) is 5.82. The van der Waals surface area contributed by atoms with Crippen LogP contribution >= 0.6 is 0 Å². The van der Waals surface area contributed by atoms with E-state index in [0.29, 0.717) is 5.92 Å². The van der Waals surface area contributed by atoms with Crippen LogP contribution in [0.15, 0.2) is 12.7 Å². The van der Waals surface area contributed by atoms with Crippen molar-refractivity contribution in [1.29, 1.82) is 0 Å². The molecule has 0 saturated heterocycles. The van der Waals surface area contributed by atoms with Gasteiger partial charge in [0, 0.05) is 0 Å². The van der Waals surface area contributed by atoms with Gasteiger partial charge >= 0.3 is 0 Å². The van der Waals surface area contributed by atoms with Gasteiger partial charge in [-0.25, -0.2) is 0 Å². The molecular formula is C18H40. The average molecular weight is 257 g/mol. The molecule has 0 aromatic heterocycles. The van der Waals surface area contributed by atoms with Crippen molar-refractivity contribution in [2.75, 3.05) is 0 Å². The first-order valence-corrected chi connectivity index (χ1v) is 7.99. The average Bonchev–Trinajstić information content (AvgIpc) is 2.36. The molecule has 0 amide bonds. The zero-order valence-electron chi connectivity index (χ0n) is 14.6. The second kappa shape index (κ2) is 19.1. The Morgan fingerprint density at radius 2 is 1.11 bits per heavy atom. The normalized spacial score (nSPS) is 11.2. The molecule has 0 saturated carbocycles. The van der Waals surface area contributed by atoms with E-state index in [0.717, 1.165) is 11.8 Å². The van der Waals surface area contributed by atoms with Gasteiger partial charge in [-0.3, -0.25) is 0 Å². The van der Waals surface area contributed by atoms with Gasteiger partial charge in [-0.15, -0.1) is 6.58 Å². The highest BCUT2D eigenvalue weighted by atomic mass is 14.0. The third-order valence-corrected chi connectivity index (χ3v) is 3.34. The number of hydrogen-bond donors (Lipinski definition) is 0. The fraction of sp³-hybridized carbons (Fsp3) is 0.889. The van der Waals surface area contributed by atoms with Crippen LogP contribution in [0.1, 0.15) is 87.5 Å². The summed E-state index contributed by atoms with van der Waals surface area (Å²) in [6.07, 6.45) is 8.72. The Bertz CT molecular complexity index is 123. The highest BCUT2D eigenvalue weighted by Gasteiger charge is 1.95. The Kier molecular flexibility index (Phi) is 24.3. The number of hydrogen-bond acceptors (Lipinski definition) is 0. The van der Waals surface area contributed by atoms with Crippen LogP contribution in [0.5, 0.6) is 0 Å². The van der Waals surface area contributed by atoms with E-state index < -0.39 is 0 Å². The van der Waals surface area contributed by atoms with Crippen molar-refractivity contribution in [1.82, 2.24) is 0 Å². The molecule has 0 rings (SSSR count). The lowest BCUT2D eigenvalue weighted by molar-refractivity contribution is 0.457. The Morgan fingerprint density at radius 1 is 0.778 bits per heavy atom. The molecule has 0 bridgehead atoms. The van der Waals surface area contributed by atoms with Crippen LogP contribution in [0.3, 0.4) is 0 Å². The van der Waals surface area contributed by atoms with Crippen molar-refractivity contribution in [2.45, 2.75) is 87.5 Å². The summed E-state index contributed by atoms with van der Waals surface area (Å²) in [4.78, 5) is 0. The first-order valence-electron chi connectivity index (χ1n) is 7.99. The Morgan fingerprint density at radius 3 is 1.17 bits per heavy atom. The molecule has 1 unspecified atom stereocenters. The molecule has 0 radical (unpaired) electrons. The summed E-state index contributed by atoms with van der Waals surface area (Å²) < 4.78 is 0. The molecule has 0 nitrogen and oxygen atoms in total. The minimum atomic E-state index is 0.699. The van der Waals surface area contributed by atoms with Crippen LogP contribution in [-0.2, 0) is 0 Å². The Labute approximate surface area is 118 Å². The number of rotatable bonds is 6. The molecule has 0 aliphatic heterocycles. The summed E-state index contributed by atoms with van der Waals surface area (Å²) in [6, 6.07) is 0. The maximum Gasteiger partial charge on any atom is -0.0267 e. The summed E-state index contributed by atoms with van der Waals surface area (Å²) in [5.74, 6) is 2.40. The molecule has 0 N–H and O–H groups in total. The lowest BCUT2D eigenvalue weighted by Gasteiger charge is -2.05. The zero-order chi connectivity index (χ0) is 15.0. The van der Waals surface area contributed by atoms with Crippen LogP contribution in [-0.4, -0.2) is 0 Å². The van der Waals surface area contributed by atoms with E-state index in [2.05, 4.69) is 62.0 Å². The highest BCUT2D eigenvalue weighted by Crippen LogP contribution is 2.05. The Hall–Kier alpha value is -0.260. The van der Waals surface area contributed by atoms with E-state index in [-0.39, 0.29) is 0 Å². The molecule has 0 aliphatic rings. The third-order valence-electron chi connectivity index (χ3n) is 3.34. The molecule has 0 aliphatic carbocycles. The van der Waals surface area contributed by atoms with Crippen molar-refractivity contribution in [3.8, 4) is 0 Å². The molecule has 0 spiro atoms. The minimum absolute atomic E-state index is 0.699. The highest BCUT2D eigenvalue weighted by molar-refractivity contribution is 4.72. The smallest absolute Gasteiger partial charge is 0.0267 e. The van der Waals surface area contributed by atoms with Gasteiger partial charge in [0.25, 0.3) is 0 Å². The van der Waals surface area contributed by atoms with Crippen molar-refractivity contribution in [3.63, 3.8) is 0 Å². The quantitative estimate of drug-likeness (QED) is 0.351. The molecule has 0 heteroatoms. The number of unbranched alkanes of at least 4 members (excludes halogenated alkanes) is 3. The van der Waals surface area contributed by atoms with Crippen LogP contribution in [0.25, 0.3) is 0 Å². The van der Waals surface area contributed by atoms with Gasteiger partial charge in [-0.2, -0.15) is 0 Å². The standard InChI is InChI=1S/C6H14.C6H12.C6H14/c1-5(2)6(3)4;1-4-6(3)5-2;1-3-5-6-4-2/h5-6H,1-4H3;4,6H,1,5H2,2-3H3;3-6H2,1-2H3. The third kappa shape index (κ3) is 29.6. The zero-order valence-corrected chi connectivity index (χ0v) is 14.6. The first kappa shape index (κ1) is 22.9. The molecule has 0 aromatic carbocycles. The van der Waals surface area contributed by atoms with Crippen molar-refractivity contribution in [2.24, 2.45) is 17.8 Å². The van der Waals surface area contributed by atoms with Crippen LogP contribution < -0.4 is 0 Å². The summed E-state index contributed by atoms with van der Waals surface area (Å²) in [5, 5.41) is 0. The van der Waals surface area contributed by atoms with E-state index in [9.17, 15) is 0 Å². The minimum Gasteiger partial charge on any atom is -0.103 e.